The van der Waals surface area contributed by atoms with Crippen LogP contribution >= 0.6 is 0 Å². The molecule has 0 spiro atoms. The molecule has 1 aromatic rings. The van der Waals surface area contributed by atoms with E-state index in [1.54, 1.807) is 0 Å². The van der Waals surface area contributed by atoms with Gasteiger partial charge in [-0.3, -0.25) is 0 Å². The summed E-state index contributed by atoms with van der Waals surface area (Å²) < 4.78 is 5.64. The van der Waals surface area contributed by atoms with E-state index in [0.29, 0.717) is 0 Å². The van der Waals surface area contributed by atoms with Gasteiger partial charge in [0.2, 0.25) is 0 Å². The highest BCUT2D eigenvalue weighted by Crippen LogP contribution is 2.34. The Morgan fingerprint density at radius 2 is 2.29 bits per heavy atom. The number of nitrogens with two attached hydrogens (primary N) is 1. The van der Waals surface area contributed by atoms with Crippen molar-refractivity contribution in [2.45, 2.75) is 45.1 Å². The third kappa shape index (κ3) is 2.01. The first-order valence-corrected chi connectivity index (χ1v) is 5.63. The van der Waals surface area contributed by atoms with Crippen LogP contribution in [0.15, 0.2) is 16.5 Å². The van der Waals surface area contributed by atoms with Crippen LogP contribution in [0.5, 0.6) is 0 Å². The quantitative estimate of drug-likeness (QED) is 0.798. The summed E-state index contributed by atoms with van der Waals surface area (Å²) in [4.78, 5) is 0. The monoisotopic (exact) mass is 193 g/mol. The number of hydrogen-bond donors (Lipinski definition) is 1. The zero-order valence-electron chi connectivity index (χ0n) is 8.83. The van der Waals surface area contributed by atoms with Crippen molar-refractivity contribution < 1.29 is 4.42 Å². The summed E-state index contributed by atoms with van der Waals surface area (Å²) in [6, 6.07) is 4.18. The molecule has 2 rings (SSSR count). The van der Waals surface area contributed by atoms with Crippen LogP contribution in [-0.2, 0) is 6.42 Å². The van der Waals surface area contributed by atoms with E-state index in [1.165, 1.54) is 19.3 Å². The molecule has 1 unspecified atom stereocenters. The Hall–Kier alpha value is -0.760. The first-order chi connectivity index (χ1) is 6.79. The minimum Gasteiger partial charge on any atom is -0.464 e. The van der Waals surface area contributed by atoms with Crippen molar-refractivity contribution in [3.05, 3.63) is 23.7 Å². The van der Waals surface area contributed by atoms with Crippen LogP contribution in [0.4, 0.5) is 0 Å². The fraction of sp³-hybridized carbons (Fsp3) is 0.667. The van der Waals surface area contributed by atoms with Crippen LogP contribution in [0.1, 0.15) is 50.2 Å². The number of rotatable bonds is 4. The van der Waals surface area contributed by atoms with Crippen LogP contribution in [0, 0.1) is 5.92 Å². The number of hydrogen-bond acceptors (Lipinski definition) is 2. The smallest absolute Gasteiger partial charge is 0.120 e. The van der Waals surface area contributed by atoms with Crippen LogP contribution in [0.25, 0.3) is 0 Å². The van der Waals surface area contributed by atoms with Gasteiger partial charge in [0, 0.05) is 6.42 Å². The van der Waals surface area contributed by atoms with Gasteiger partial charge in [0.1, 0.15) is 11.5 Å². The highest BCUT2D eigenvalue weighted by Gasteiger charge is 2.22. The predicted molar refractivity (Wildman–Crippen MR) is 57.0 cm³/mol. The highest BCUT2D eigenvalue weighted by molar-refractivity contribution is 5.10. The molecule has 1 fully saturated rings. The number of aryl methyl sites for hydroxylation is 1. The standard InChI is InChI=1S/C12H19NO/c1-2-10-6-7-12(14-10)11(13)8-9-4-3-5-9/h6-7,9,11H,2-5,8,13H2,1H3. The molecule has 1 saturated carbocycles. The second-order valence-corrected chi connectivity index (χ2v) is 4.30. The van der Waals surface area contributed by atoms with E-state index >= 15 is 0 Å². The minimum atomic E-state index is 0.112. The van der Waals surface area contributed by atoms with Gasteiger partial charge in [-0.15, -0.1) is 0 Å². The van der Waals surface area contributed by atoms with Crippen LogP contribution in [0.2, 0.25) is 0 Å². The second-order valence-electron chi connectivity index (χ2n) is 4.30. The van der Waals surface area contributed by atoms with E-state index in [9.17, 15) is 0 Å². The fourth-order valence-electron chi connectivity index (χ4n) is 1.99. The van der Waals surface area contributed by atoms with E-state index in [0.717, 1.165) is 30.3 Å². The molecule has 1 heterocycles. The van der Waals surface area contributed by atoms with Gasteiger partial charge in [0.15, 0.2) is 0 Å². The average molecular weight is 193 g/mol. The summed E-state index contributed by atoms with van der Waals surface area (Å²) in [6.45, 7) is 2.10. The fourth-order valence-corrected chi connectivity index (χ4v) is 1.99. The molecule has 2 N–H and O–H groups in total. The van der Waals surface area contributed by atoms with Crippen molar-refractivity contribution in [2.75, 3.05) is 0 Å². The van der Waals surface area contributed by atoms with Gasteiger partial charge >= 0.3 is 0 Å². The topological polar surface area (TPSA) is 39.2 Å². The van der Waals surface area contributed by atoms with Gasteiger partial charge in [-0.2, -0.15) is 0 Å². The van der Waals surface area contributed by atoms with E-state index < -0.39 is 0 Å². The largest absolute Gasteiger partial charge is 0.464 e. The Morgan fingerprint density at radius 1 is 1.50 bits per heavy atom. The van der Waals surface area contributed by atoms with Gasteiger partial charge in [-0.25, -0.2) is 0 Å². The van der Waals surface area contributed by atoms with Crippen molar-refractivity contribution in [2.24, 2.45) is 11.7 Å². The van der Waals surface area contributed by atoms with E-state index in [4.69, 9.17) is 10.2 Å². The highest BCUT2D eigenvalue weighted by atomic mass is 16.3. The Bertz CT molecular complexity index is 288. The molecule has 0 amide bonds. The van der Waals surface area contributed by atoms with Gasteiger partial charge in [-0.1, -0.05) is 26.2 Å². The molecule has 1 atom stereocenters. The Morgan fingerprint density at radius 3 is 2.79 bits per heavy atom. The molecular weight excluding hydrogens is 174 g/mol. The zero-order chi connectivity index (χ0) is 9.97. The first kappa shape index (κ1) is 9.78. The molecule has 0 aliphatic heterocycles. The minimum absolute atomic E-state index is 0.112. The number of furan rings is 1. The van der Waals surface area contributed by atoms with Gasteiger partial charge < -0.3 is 10.2 Å². The Kier molecular flexibility index (Phi) is 2.92. The molecule has 0 saturated heterocycles. The van der Waals surface area contributed by atoms with Crippen LogP contribution < -0.4 is 5.73 Å². The molecule has 1 aliphatic carbocycles. The molecule has 78 valence electrons. The molecule has 0 aromatic carbocycles. The SMILES string of the molecule is CCc1ccc(C(N)CC2CCC2)o1. The van der Waals surface area contributed by atoms with E-state index in [2.05, 4.69) is 6.92 Å². The van der Waals surface area contributed by atoms with E-state index in [1.807, 2.05) is 12.1 Å². The third-order valence-electron chi connectivity index (χ3n) is 3.21. The van der Waals surface area contributed by atoms with Crippen molar-refractivity contribution in [3.8, 4) is 0 Å². The summed E-state index contributed by atoms with van der Waals surface area (Å²) in [5.74, 6) is 2.86. The lowest BCUT2D eigenvalue weighted by Gasteiger charge is -2.27. The van der Waals surface area contributed by atoms with Crippen LogP contribution in [-0.4, -0.2) is 0 Å². The summed E-state index contributed by atoms with van der Waals surface area (Å²) in [5, 5.41) is 0. The Labute approximate surface area is 85.5 Å². The lowest BCUT2D eigenvalue weighted by atomic mass is 9.80. The maximum Gasteiger partial charge on any atom is 0.120 e. The maximum atomic E-state index is 6.08. The molecule has 0 bridgehead atoms. The maximum absolute atomic E-state index is 6.08. The van der Waals surface area contributed by atoms with Crippen LogP contribution in [0.3, 0.4) is 0 Å². The molecular formula is C12H19NO. The van der Waals surface area contributed by atoms with Gasteiger partial charge in [-0.05, 0) is 24.5 Å². The summed E-state index contributed by atoms with van der Waals surface area (Å²) >= 11 is 0. The third-order valence-corrected chi connectivity index (χ3v) is 3.21. The second kappa shape index (κ2) is 4.18. The zero-order valence-corrected chi connectivity index (χ0v) is 8.83. The average Bonchev–Trinajstić information content (AvgIpc) is 2.59. The van der Waals surface area contributed by atoms with Gasteiger partial charge in [0.05, 0.1) is 6.04 Å². The summed E-state index contributed by atoms with van der Waals surface area (Å²) in [6.07, 6.45) is 6.15. The molecule has 0 radical (unpaired) electrons. The molecule has 2 heteroatoms. The molecule has 1 aromatic heterocycles. The molecule has 14 heavy (non-hydrogen) atoms. The molecule has 1 aliphatic rings. The van der Waals surface area contributed by atoms with E-state index in [-0.39, 0.29) is 6.04 Å². The molecule has 2 nitrogen and oxygen atoms in total. The van der Waals surface area contributed by atoms with Crippen molar-refractivity contribution in [3.63, 3.8) is 0 Å². The van der Waals surface area contributed by atoms with Crippen molar-refractivity contribution in [1.29, 1.82) is 0 Å². The summed E-state index contributed by atoms with van der Waals surface area (Å²) in [5.41, 5.74) is 6.08. The normalized spacial score (nSPS) is 19.3. The first-order valence-electron chi connectivity index (χ1n) is 5.63. The Balaban J connectivity index is 1.92. The van der Waals surface area contributed by atoms with Crippen molar-refractivity contribution >= 4 is 0 Å². The summed E-state index contributed by atoms with van der Waals surface area (Å²) in [7, 11) is 0. The lowest BCUT2D eigenvalue weighted by Crippen LogP contribution is -2.19. The predicted octanol–water partition coefficient (Wildman–Crippen LogP) is 3.03. The van der Waals surface area contributed by atoms with Gasteiger partial charge in [0.25, 0.3) is 0 Å². The lowest BCUT2D eigenvalue weighted by molar-refractivity contribution is 0.264. The van der Waals surface area contributed by atoms with Crippen molar-refractivity contribution in [1.82, 2.24) is 0 Å².